The van der Waals surface area contributed by atoms with E-state index in [1.807, 2.05) is 6.92 Å². The normalized spacial score (nSPS) is 30.5. The SMILES string of the molecule is CCC1(C)OC(=O)C=C(C)O1. The van der Waals surface area contributed by atoms with Crippen molar-refractivity contribution in [1.82, 2.24) is 0 Å². The molecule has 0 aliphatic carbocycles. The largest absolute Gasteiger partial charge is 0.457 e. The molecule has 1 heterocycles. The van der Waals surface area contributed by atoms with Crippen LogP contribution in [0, 0.1) is 0 Å². The first-order valence-corrected chi connectivity index (χ1v) is 3.66. The maximum Gasteiger partial charge on any atom is 0.337 e. The second-order valence-corrected chi connectivity index (χ2v) is 2.77. The summed E-state index contributed by atoms with van der Waals surface area (Å²) in [6.45, 7) is 5.40. The fraction of sp³-hybridized carbons (Fsp3) is 0.625. The van der Waals surface area contributed by atoms with E-state index in [-0.39, 0.29) is 5.97 Å². The van der Waals surface area contributed by atoms with E-state index in [0.717, 1.165) is 0 Å². The molecule has 0 radical (unpaired) electrons. The van der Waals surface area contributed by atoms with E-state index in [1.54, 1.807) is 13.8 Å². The van der Waals surface area contributed by atoms with Gasteiger partial charge in [0.25, 0.3) is 5.79 Å². The molecule has 0 N–H and O–H groups in total. The highest BCUT2D eigenvalue weighted by atomic mass is 16.7. The summed E-state index contributed by atoms with van der Waals surface area (Å²) in [7, 11) is 0. The number of ether oxygens (including phenoxy) is 2. The number of cyclic esters (lactones) is 1. The molecule has 0 spiro atoms. The Kier molecular flexibility index (Phi) is 1.89. The Bertz CT molecular complexity index is 207. The predicted molar refractivity (Wildman–Crippen MR) is 39.6 cm³/mol. The van der Waals surface area contributed by atoms with Gasteiger partial charge in [-0.1, -0.05) is 6.92 Å². The van der Waals surface area contributed by atoms with Crippen LogP contribution in [0.3, 0.4) is 0 Å². The maximum atomic E-state index is 10.9. The zero-order valence-corrected chi connectivity index (χ0v) is 7.01. The number of hydrogen-bond donors (Lipinski definition) is 0. The number of carbonyl (C=O) groups excluding carboxylic acids is 1. The van der Waals surface area contributed by atoms with Gasteiger partial charge in [-0.2, -0.15) is 0 Å². The van der Waals surface area contributed by atoms with Crippen molar-refractivity contribution in [2.24, 2.45) is 0 Å². The van der Waals surface area contributed by atoms with E-state index in [2.05, 4.69) is 0 Å². The number of allylic oxidation sites excluding steroid dienone is 1. The minimum Gasteiger partial charge on any atom is -0.457 e. The molecule has 0 aromatic heterocycles. The highest BCUT2D eigenvalue weighted by molar-refractivity contribution is 5.83. The van der Waals surface area contributed by atoms with Crippen molar-refractivity contribution in [3.05, 3.63) is 11.8 Å². The molecule has 0 saturated heterocycles. The van der Waals surface area contributed by atoms with E-state index >= 15 is 0 Å². The van der Waals surface area contributed by atoms with Crippen molar-refractivity contribution in [1.29, 1.82) is 0 Å². The van der Waals surface area contributed by atoms with E-state index in [1.165, 1.54) is 6.08 Å². The van der Waals surface area contributed by atoms with Crippen molar-refractivity contribution in [3.63, 3.8) is 0 Å². The molecule has 0 aromatic rings. The lowest BCUT2D eigenvalue weighted by molar-refractivity contribution is -0.213. The Morgan fingerprint density at radius 1 is 1.55 bits per heavy atom. The number of hydrogen-bond acceptors (Lipinski definition) is 3. The van der Waals surface area contributed by atoms with Crippen LogP contribution in [0.1, 0.15) is 27.2 Å². The van der Waals surface area contributed by atoms with Crippen LogP contribution in [-0.2, 0) is 14.3 Å². The van der Waals surface area contributed by atoms with Crippen LogP contribution in [0.25, 0.3) is 0 Å². The van der Waals surface area contributed by atoms with Crippen molar-refractivity contribution >= 4 is 5.97 Å². The van der Waals surface area contributed by atoms with Crippen LogP contribution in [-0.4, -0.2) is 11.8 Å². The average Bonchev–Trinajstić information content (AvgIpc) is 1.84. The van der Waals surface area contributed by atoms with Gasteiger partial charge in [0.2, 0.25) is 0 Å². The van der Waals surface area contributed by atoms with Crippen LogP contribution < -0.4 is 0 Å². The third kappa shape index (κ3) is 1.73. The summed E-state index contributed by atoms with van der Waals surface area (Å²) in [6, 6.07) is 0. The van der Waals surface area contributed by atoms with Gasteiger partial charge in [-0.3, -0.25) is 0 Å². The second-order valence-electron chi connectivity index (χ2n) is 2.77. The van der Waals surface area contributed by atoms with Gasteiger partial charge in [-0.15, -0.1) is 0 Å². The molecule has 0 saturated carbocycles. The summed E-state index contributed by atoms with van der Waals surface area (Å²) in [4.78, 5) is 10.9. The average molecular weight is 156 g/mol. The third-order valence-corrected chi connectivity index (χ3v) is 1.66. The van der Waals surface area contributed by atoms with Gasteiger partial charge in [0.15, 0.2) is 0 Å². The molecule has 11 heavy (non-hydrogen) atoms. The van der Waals surface area contributed by atoms with Gasteiger partial charge in [-0.25, -0.2) is 4.79 Å². The quantitative estimate of drug-likeness (QED) is 0.541. The number of esters is 1. The van der Waals surface area contributed by atoms with Gasteiger partial charge in [0, 0.05) is 13.3 Å². The molecule has 1 aliphatic heterocycles. The Balaban J connectivity index is 2.79. The van der Waals surface area contributed by atoms with Crippen LogP contribution in [0.15, 0.2) is 11.8 Å². The topological polar surface area (TPSA) is 35.5 Å². The van der Waals surface area contributed by atoms with Gasteiger partial charge < -0.3 is 9.47 Å². The predicted octanol–water partition coefficient (Wildman–Crippen LogP) is 1.59. The highest BCUT2D eigenvalue weighted by Gasteiger charge is 2.31. The van der Waals surface area contributed by atoms with E-state index < -0.39 is 5.79 Å². The molecule has 1 unspecified atom stereocenters. The zero-order valence-electron chi connectivity index (χ0n) is 7.01. The monoisotopic (exact) mass is 156 g/mol. The molecule has 1 rings (SSSR count). The van der Waals surface area contributed by atoms with E-state index in [4.69, 9.17) is 9.47 Å². The van der Waals surface area contributed by atoms with Gasteiger partial charge in [-0.05, 0) is 6.92 Å². The summed E-state index contributed by atoms with van der Waals surface area (Å²) >= 11 is 0. The molecule has 1 atom stereocenters. The number of carbonyl (C=O) groups is 1. The Labute approximate surface area is 66.0 Å². The summed E-state index contributed by atoms with van der Waals surface area (Å²) < 4.78 is 10.3. The Morgan fingerprint density at radius 3 is 2.64 bits per heavy atom. The van der Waals surface area contributed by atoms with Crippen LogP contribution in [0.2, 0.25) is 0 Å². The molecule has 62 valence electrons. The summed E-state index contributed by atoms with van der Waals surface area (Å²) in [5.41, 5.74) is 0. The fourth-order valence-corrected chi connectivity index (χ4v) is 0.943. The van der Waals surface area contributed by atoms with Gasteiger partial charge in [0.1, 0.15) is 5.76 Å². The second kappa shape index (κ2) is 2.57. The van der Waals surface area contributed by atoms with Gasteiger partial charge in [0.05, 0.1) is 6.08 Å². The Morgan fingerprint density at radius 2 is 2.18 bits per heavy atom. The lowest BCUT2D eigenvalue weighted by atomic mass is 10.2. The lowest BCUT2D eigenvalue weighted by Crippen LogP contribution is -2.36. The minimum absolute atomic E-state index is 0.321. The van der Waals surface area contributed by atoms with Crippen molar-refractivity contribution in [2.75, 3.05) is 0 Å². The summed E-state index contributed by atoms with van der Waals surface area (Å²) in [5.74, 6) is -0.459. The van der Waals surface area contributed by atoms with Gasteiger partial charge >= 0.3 is 5.97 Å². The smallest absolute Gasteiger partial charge is 0.337 e. The summed E-state index contributed by atoms with van der Waals surface area (Å²) in [5, 5.41) is 0. The first-order valence-electron chi connectivity index (χ1n) is 3.66. The Hall–Kier alpha value is -0.990. The summed E-state index contributed by atoms with van der Waals surface area (Å²) in [6.07, 6.45) is 2.00. The zero-order chi connectivity index (χ0) is 8.48. The molecule has 0 amide bonds. The molecule has 3 heteroatoms. The van der Waals surface area contributed by atoms with Crippen LogP contribution in [0.5, 0.6) is 0 Å². The van der Waals surface area contributed by atoms with E-state index in [0.29, 0.717) is 12.2 Å². The maximum absolute atomic E-state index is 10.9. The van der Waals surface area contributed by atoms with Crippen LogP contribution >= 0.6 is 0 Å². The number of rotatable bonds is 1. The minimum atomic E-state index is -0.754. The first-order chi connectivity index (χ1) is 5.06. The molecule has 3 nitrogen and oxygen atoms in total. The molecule has 1 aliphatic rings. The fourth-order valence-electron chi connectivity index (χ4n) is 0.943. The van der Waals surface area contributed by atoms with Crippen LogP contribution in [0.4, 0.5) is 0 Å². The molecular weight excluding hydrogens is 144 g/mol. The van der Waals surface area contributed by atoms with Crippen molar-refractivity contribution < 1.29 is 14.3 Å². The lowest BCUT2D eigenvalue weighted by Gasteiger charge is -2.31. The standard InChI is InChI=1S/C8H12O3/c1-4-8(3)10-6(2)5-7(9)11-8/h5H,4H2,1-3H3. The highest BCUT2D eigenvalue weighted by Crippen LogP contribution is 2.24. The first kappa shape index (κ1) is 8.11. The van der Waals surface area contributed by atoms with Crippen molar-refractivity contribution in [3.8, 4) is 0 Å². The molecule has 0 aromatic carbocycles. The molecule has 0 bridgehead atoms. The molecular formula is C8H12O3. The van der Waals surface area contributed by atoms with E-state index in [9.17, 15) is 4.79 Å². The van der Waals surface area contributed by atoms with Crippen molar-refractivity contribution in [2.45, 2.75) is 33.0 Å². The molecule has 0 fully saturated rings. The third-order valence-electron chi connectivity index (χ3n) is 1.66.